The summed E-state index contributed by atoms with van der Waals surface area (Å²) < 4.78 is 26.1. The van der Waals surface area contributed by atoms with Gasteiger partial charge in [0.05, 0.1) is 0 Å². The van der Waals surface area contributed by atoms with Crippen molar-refractivity contribution in [2.24, 2.45) is 0 Å². The summed E-state index contributed by atoms with van der Waals surface area (Å²) >= 11 is -4.01. The molecule has 0 aromatic rings. The van der Waals surface area contributed by atoms with Crippen LogP contribution in [0.1, 0.15) is 182 Å². The van der Waals surface area contributed by atoms with Gasteiger partial charge in [-0.05, 0) is 0 Å². The van der Waals surface area contributed by atoms with E-state index in [0.717, 1.165) is 52.1 Å². The zero-order valence-electron chi connectivity index (χ0n) is 25.9. The van der Waals surface area contributed by atoms with E-state index in [9.17, 15) is 0 Å². The molecule has 0 saturated heterocycles. The van der Waals surface area contributed by atoms with Crippen LogP contribution in [0.5, 0.6) is 0 Å². The molecule has 0 N–H and O–H groups in total. The van der Waals surface area contributed by atoms with Gasteiger partial charge in [-0.25, -0.2) is 0 Å². The SMILES string of the molecule is CCCCCCCC[O][Zr]([O]CCCCCCCC)([O]CCCCCCCC)[O]CCCCCCCC. The van der Waals surface area contributed by atoms with E-state index in [4.69, 9.17) is 11.3 Å². The number of unbranched alkanes of at least 4 members (excludes halogenated alkanes) is 20. The maximum absolute atomic E-state index is 6.51. The van der Waals surface area contributed by atoms with Crippen LogP contribution in [0.2, 0.25) is 0 Å². The number of hydrogen-bond acceptors (Lipinski definition) is 4. The molecule has 0 spiro atoms. The fourth-order valence-electron chi connectivity index (χ4n) is 4.57. The minimum atomic E-state index is -4.01. The van der Waals surface area contributed by atoms with Gasteiger partial charge in [0.15, 0.2) is 0 Å². The third kappa shape index (κ3) is 26.7. The molecule has 0 fully saturated rings. The fourth-order valence-corrected chi connectivity index (χ4v) is 9.67. The Morgan fingerprint density at radius 2 is 0.459 bits per heavy atom. The molecule has 0 atom stereocenters. The van der Waals surface area contributed by atoms with Crippen LogP contribution in [-0.2, 0) is 33.3 Å². The van der Waals surface area contributed by atoms with Gasteiger partial charge >= 0.3 is 242 Å². The van der Waals surface area contributed by atoms with Crippen LogP contribution in [0.15, 0.2) is 0 Å². The van der Waals surface area contributed by atoms with Gasteiger partial charge in [0.1, 0.15) is 0 Å². The summed E-state index contributed by atoms with van der Waals surface area (Å²) in [5, 5.41) is 0. The molecule has 0 bridgehead atoms. The average Bonchev–Trinajstić information content (AvgIpc) is 2.91. The van der Waals surface area contributed by atoms with Crippen molar-refractivity contribution in [3.05, 3.63) is 0 Å². The molecule has 0 radical (unpaired) electrons. The van der Waals surface area contributed by atoms with Crippen LogP contribution in [0, 0.1) is 0 Å². The molecule has 0 aromatic carbocycles. The van der Waals surface area contributed by atoms with Crippen molar-refractivity contribution >= 4 is 0 Å². The second-order valence-electron chi connectivity index (χ2n) is 11.0. The molecule has 0 aliphatic heterocycles. The Morgan fingerprint density at radius 1 is 0.270 bits per heavy atom. The normalized spacial score (nSPS) is 12.0. The summed E-state index contributed by atoms with van der Waals surface area (Å²) in [6, 6.07) is 0. The van der Waals surface area contributed by atoms with Crippen LogP contribution < -0.4 is 0 Å². The average molecular weight is 608 g/mol. The first kappa shape index (κ1) is 37.7. The molecule has 0 heterocycles. The van der Waals surface area contributed by atoms with E-state index < -0.39 is 22.0 Å². The summed E-state index contributed by atoms with van der Waals surface area (Å²) in [6.07, 6.45) is 30.4. The summed E-state index contributed by atoms with van der Waals surface area (Å²) in [7, 11) is 0. The van der Waals surface area contributed by atoms with Gasteiger partial charge in [-0.1, -0.05) is 0 Å². The summed E-state index contributed by atoms with van der Waals surface area (Å²) in [6.45, 7) is 12.0. The van der Waals surface area contributed by atoms with E-state index in [0.29, 0.717) is 0 Å². The Labute approximate surface area is 240 Å². The fraction of sp³-hybridized carbons (Fsp3) is 1.00. The minimum absolute atomic E-state index is 0.728. The van der Waals surface area contributed by atoms with Crippen molar-refractivity contribution < 1.29 is 33.3 Å². The summed E-state index contributed by atoms with van der Waals surface area (Å²) in [5.74, 6) is 0. The Morgan fingerprint density at radius 3 is 0.676 bits per heavy atom. The molecule has 0 rings (SSSR count). The Hall–Kier alpha value is 0.723. The van der Waals surface area contributed by atoms with E-state index in [-0.39, 0.29) is 0 Å². The zero-order chi connectivity index (χ0) is 27.1. The van der Waals surface area contributed by atoms with Crippen molar-refractivity contribution in [3.63, 3.8) is 0 Å². The van der Waals surface area contributed by atoms with Gasteiger partial charge in [-0.3, -0.25) is 0 Å². The summed E-state index contributed by atoms with van der Waals surface area (Å²) in [4.78, 5) is 0. The van der Waals surface area contributed by atoms with Crippen molar-refractivity contribution in [2.75, 3.05) is 26.4 Å². The van der Waals surface area contributed by atoms with E-state index >= 15 is 0 Å². The standard InChI is InChI=1S/4C8H17O.Zr/c4*1-2-3-4-5-6-7-8-9;/h4*2-8H2,1H3;/q4*-1;+4. The zero-order valence-corrected chi connectivity index (χ0v) is 28.4. The van der Waals surface area contributed by atoms with Crippen LogP contribution >= 0.6 is 0 Å². The predicted molar refractivity (Wildman–Crippen MR) is 157 cm³/mol. The first-order chi connectivity index (χ1) is 18.2. The van der Waals surface area contributed by atoms with Crippen LogP contribution in [0.4, 0.5) is 0 Å². The predicted octanol–water partition coefficient (Wildman–Crippen LogP) is 11.3. The Bertz CT molecular complexity index is 344. The molecule has 37 heavy (non-hydrogen) atoms. The third-order valence-corrected chi connectivity index (χ3v) is 12.6. The molecule has 5 heteroatoms. The topological polar surface area (TPSA) is 36.9 Å². The van der Waals surface area contributed by atoms with Crippen LogP contribution in [0.25, 0.3) is 0 Å². The van der Waals surface area contributed by atoms with Crippen LogP contribution in [-0.4, -0.2) is 26.4 Å². The molecule has 0 aliphatic rings. The summed E-state index contributed by atoms with van der Waals surface area (Å²) in [5.41, 5.74) is 0. The van der Waals surface area contributed by atoms with Crippen molar-refractivity contribution in [3.8, 4) is 0 Å². The first-order valence-corrected chi connectivity index (χ1v) is 20.8. The van der Waals surface area contributed by atoms with Gasteiger partial charge in [0.25, 0.3) is 0 Å². The van der Waals surface area contributed by atoms with E-state index in [1.807, 2.05) is 0 Å². The maximum atomic E-state index is 6.51. The van der Waals surface area contributed by atoms with Crippen molar-refractivity contribution in [1.29, 1.82) is 0 Å². The second-order valence-corrected chi connectivity index (χ2v) is 16.3. The van der Waals surface area contributed by atoms with Gasteiger partial charge in [0, 0.05) is 0 Å². The van der Waals surface area contributed by atoms with Crippen LogP contribution in [0.3, 0.4) is 0 Å². The van der Waals surface area contributed by atoms with Gasteiger partial charge in [-0.15, -0.1) is 0 Å². The quantitative estimate of drug-likeness (QED) is 0.0713. The second kappa shape index (κ2) is 31.3. The molecule has 224 valence electrons. The monoisotopic (exact) mass is 606 g/mol. The third-order valence-electron chi connectivity index (χ3n) is 7.11. The number of rotatable bonds is 32. The first-order valence-electron chi connectivity index (χ1n) is 16.8. The van der Waals surface area contributed by atoms with Crippen molar-refractivity contribution in [1.82, 2.24) is 0 Å². The van der Waals surface area contributed by atoms with E-state index in [1.54, 1.807) is 0 Å². The molecule has 0 amide bonds. The Kier molecular flexibility index (Phi) is 31.9. The van der Waals surface area contributed by atoms with E-state index in [2.05, 4.69) is 27.7 Å². The molecule has 0 saturated carbocycles. The van der Waals surface area contributed by atoms with Crippen molar-refractivity contribution in [2.45, 2.75) is 182 Å². The molecule has 0 aromatic heterocycles. The molecule has 4 nitrogen and oxygen atoms in total. The van der Waals surface area contributed by atoms with Gasteiger partial charge in [-0.2, -0.15) is 0 Å². The van der Waals surface area contributed by atoms with Gasteiger partial charge < -0.3 is 0 Å². The molecule has 0 unspecified atom stereocenters. The van der Waals surface area contributed by atoms with Gasteiger partial charge in [0.2, 0.25) is 0 Å². The Balaban J connectivity index is 4.78. The number of hydrogen-bond donors (Lipinski definition) is 0. The molecular formula is C32H68O4Zr. The van der Waals surface area contributed by atoms with E-state index in [1.165, 1.54) is 128 Å². The molecule has 0 aliphatic carbocycles. The molecular weight excluding hydrogens is 540 g/mol.